The molecule has 2 rings (SSSR count). The Hall–Kier alpha value is -1.54. The molecule has 20 heavy (non-hydrogen) atoms. The number of fused-ring (bicyclic) bond motifs is 1. The summed E-state index contributed by atoms with van der Waals surface area (Å²) < 4.78 is 2.35. The maximum absolute atomic E-state index is 3.79. The Balaban J connectivity index is 2.06. The highest BCUT2D eigenvalue weighted by molar-refractivity contribution is 5.80. The highest BCUT2D eigenvalue weighted by Crippen LogP contribution is 2.18. The molecular formula is C18H26N2. The molecule has 0 amide bonds. The minimum absolute atomic E-state index is 0.696. The van der Waals surface area contributed by atoms with E-state index in [0.717, 1.165) is 32.5 Å². The second kappa shape index (κ2) is 7.30. The van der Waals surface area contributed by atoms with Gasteiger partial charge in [0.2, 0.25) is 0 Å². The van der Waals surface area contributed by atoms with Crippen molar-refractivity contribution in [3.63, 3.8) is 0 Å². The molecule has 0 aliphatic heterocycles. The third kappa shape index (κ3) is 3.97. The first-order chi connectivity index (χ1) is 9.70. The number of benzene rings is 1. The number of allylic oxidation sites excluding steroid dienone is 1. The van der Waals surface area contributed by atoms with Gasteiger partial charge in [-0.3, -0.25) is 0 Å². The van der Waals surface area contributed by atoms with Crippen LogP contribution >= 0.6 is 0 Å². The molecule has 0 aliphatic carbocycles. The van der Waals surface area contributed by atoms with E-state index in [0.29, 0.717) is 5.92 Å². The molecule has 0 spiro atoms. The van der Waals surface area contributed by atoms with Gasteiger partial charge in [-0.2, -0.15) is 0 Å². The Morgan fingerprint density at radius 3 is 2.90 bits per heavy atom. The lowest BCUT2D eigenvalue weighted by Gasteiger charge is -2.09. The summed E-state index contributed by atoms with van der Waals surface area (Å²) in [7, 11) is 0. The number of unbranched alkanes of at least 4 members (excludes halogenated alkanes) is 1. The summed E-state index contributed by atoms with van der Waals surface area (Å²) in [5.74, 6) is 0.696. The van der Waals surface area contributed by atoms with E-state index in [4.69, 9.17) is 0 Å². The van der Waals surface area contributed by atoms with E-state index >= 15 is 0 Å². The summed E-state index contributed by atoms with van der Waals surface area (Å²) >= 11 is 0. The average molecular weight is 270 g/mol. The van der Waals surface area contributed by atoms with Crippen molar-refractivity contribution in [3.05, 3.63) is 48.7 Å². The number of nitrogens with zero attached hydrogens (tertiary/aromatic N) is 1. The van der Waals surface area contributed by atoms with Crippen molar-refractivity contribution in [2.24, 2.45) is 5.92 Å². The summed E-state index contributed by atoms with van der Waals surface area (Å²) in [6, 6.07) is 8.97. The summed E-state index contributed by atoms with van der Waals surface area (Å²) in [6.07, 6.45) is 6.42. The van der Waals surface area contributed by atoms with E-state index in [1.807, 2.05) is 6.08 Å². The van der Waals surface area contributed by atoms with Gasteiger partial charge in [0.15, 0.2) is 0 Å². The zero-order chi connectivity index (χ0) is 14.4. The number of aryl methyl sites for hydroxylation is 1. The Morgan fingerprint density at radius 2 is 2.15 bits per heavy atom. The largest absolute Gasteiger partial charge is 0.347 e. The molecule has 2 aromatic rings. The van der Waals surface area contributed by atoms with Gasteiger partial charge < -0.3 is 9.88 Å². The molecule has 0 unspecified atom stereocenters. The molecule has 1 aromatic carbocycles. The molecule has 1 N–H and O–H groups in total. The van der Waals surface area contributed by atoms with Gasteiger partial charge in [0.05, 0.1) is 0 Å². The Labute approximate surface area is 122 Å². The van der Waals surface area contributed by atoms with Crippen LogP contribution < -0.4 is 5.32 Å². The van der Waals surface area contributed by atoms with Crippen LogP contribution in [0.2, 0.25) is 0 Å². The van der Waals surface area contributed by atoms with Crippen molar-refractivity contribution >= 4 is 10.9 Å². The van der Waals surface area contributed by atoms with Crippen LogP contribution in [-0.4, -0.2) is 11.1 Å². The van der Waals surface area contributed by atoms with E-state index in [1.165, 1.54) is 16.5 Å². The molecule has 0 aliphatic rings. The summed E-state index contributed by atoms with van der Waals surface area (Å²) in [5, 5.41) is 4.84. The van der Waals surface area contributed by atoms with Gasteiger partial charge in [-0.1, -0.05) is 32.1 Å². The van der Waals surface area contributed by atoms with Crippen molar-refractivity contribution < 1.29 is 0 Å². The molecule has 0 atom stereocenters. The highest BCUT2D eigenvalue weighted by Gasteiger charge is 2.02. The van der Waals surface area contributed by atoms with E-state index < -0.39 is 0 Å². The molecule has 0 fully saturated rings. The predicted octanol–water partition coefficient (Wildman–Crippen LogP) is 4.35. The standard InChI is InChI=1S/C18H26N2/c1-4-5-6-10-20-11-9-17-8-7-16(12-18(17)20)14-19-13-15(2)3/h4,7-9,11-12,15,19H,1,5-6,10,13-14H2,2-3H3. The number of hydrogen-bond donors (Lipinski definition) is 1. The van der Waals surface area contributed by atoms with Gasteiger partial charge in [0.1, 0.15) is 0 Å². The molecule has 2 heteroatoms. The van der Waals surface area contributed by atoms with Crippen LogP contribution in [0.5, 0.6) is 0 Å². The second-order valence-electron chi connectivity index (χ2n) is 5.86. The van der Waals surface area contributed by atoms with Crippen molar-refractivity contribution in [3.8, 4) is 0 Å². The Kier molecular flexibility index (Phi) is 5.42. The van der Waals surface area contributed by atoms with Crippen molar-refractivity contribution in [1.29, 1.82) is 0 Å². The molecule has 0 bridgehead atoms. The summed E-state index contributed by atoms with van der Waals surface area (Å²) in [4.78, 5) is 0. The van der Waals surface area contributed by atoms with Crippen LogP contribution in [-0.2, 0) is 13.1 Å². The molecule has 0 saturated carbocycles. The first-order valence-corrected chi connectivity index (χ1v) is 7.60. The van der Waals surface area contributed by atoms with Gasteiger partial charge >= 0.3 is 0 Å². The quantitative estimate of drug-likeness (QED) is 0.557. The zero-order valence-corrected chi connectivity index (χ0v) is 12.7. The van der Waals surface area contributed by atoms with Crippen LogP contribution in [0.1, 0.15) is 32.3 Å². The maximum Gasteiger partial charge on any atom is 0.0483 e. The van der Waals surface area contributed by atoms with Crippen molar-refractivity contribution in [1.82, 2.24) is 9.88 Å². The lowest BCUT2D eigenvalue weighted by Crippen LogP contribution is -2.18. The predicted molar refractivity (Wildman–Crippen MR) is 87.9 cm³/mol. The van der Waals surface area contributed by atoms with Gasteiger partial charge in [-0.25, -0.2) is 0 Å². The first kappa shape index (κ1) is 14.9. The van der Waals surface area contributed by atoms with Crippen LogP contribution in [0.3, 0.4) is 0 Å². The molecule has 0 radical (unpaired) electrons. The van der Waals surface area contributed by atoms with Crippen molar-refractivity contribution in [2.45, 2.75) is 39.8 Å². The maximum atomic E-state index is 3.79. The summed E-state index contributed by atoms with van der Waals surface area (Å²) in [6.45, 7) is 11.3. The van der Waals surface area contributed by atoms with Crippen LogP contribution in [0.4, 0.5) is 0 Å². The normalized spacial score (nSPS) is 11.3. The fourth-order valence-corrected chi connectivity index (χ4v) is 2.45. The van der Waals surface area contributed by atoms with Gasteiger partial charge in [0.25, 0.3) is 0 Å². The number of hydrogen-bond acceptors (Lipinski definition) is 1. The number of rotatable bonds is 8. The van der Waals surface area contributed by atoms with E-state index in [1.54, 1.807) is 0 Å². The minimum atomic E-state index is 0.696. The monoisotopic (exact) mass is 270 g/mol. The SMILES string of the molecule is C=CCCCn1ccc2ccc(CNCC(C)C)cc21. The third-order valence-corrected chi connectivity index (χ3v) is 3.53. The van der Waals surface area contributed by atoms with Gasteiger partial charge in [-0.05, 0) is 48.4 Å². The molecule has 108 valence electrons. The summed E-state index contributed by atoms with van der Waals surface area (Å²) in [5.41, 5.74) is 2.71. The molecule has 0 saturated heterocycles. The fourth-order valence-electron chi connectivity index (χ4n) is 2.45. The minimum Gasteiger partial charge on any atom is -0.347 e. The van der Waals surface area contributed by atoms with Gasteiger partial charge in [-0.15, -0.1) is 6.58 Å². The Morgan fingerprint density at radius 1 is 1.30 bits per heavy atom. The molecule has 1 heterocycles. The van der Waals surface area contributed by atoms with Crippen LogP contribution in [0, 0.1) is 5.92 Å². The van der Waals surface area contributed by atoms with Crippen molar-refractivity contribution in [2.75, 3.05) is 6.54 Å². The number of nitrogens with one attached hydrogen (secondary N) is 1. The first-order valence-electron chi connectivity index (χ1n) is 7.60. The number of aromatic nitrogens is 1. The third-order valence-electron chi connectivity index (χ3n) is 3.53. The van der Waals surface area contributed by atoms with Crippen LogP contribution in [0.15, 0.2) is 43.1 Å². The van der Waals surface area contributed by atoms with E-state index in [-0.39, 0.29) is 0 Å². The average Bonchev–Trinajstić information content (AvgIpc) is 2.81. The smallest absolute Gasteiger partial charge is 0.0483 e. The zero-order valence-electron chi connectivity index (χ0n) is 12.7. The highest BCUT2D eigenvalue weighted by atomic mass is 14.9. The second-order valence-corrected chi connectivity index (χ2v) is 5.86. The van der Waals surface area contributed by atoms with E-state index in [9.17, 15) is 0 Å². The fraction of sp³-hybridized carbons (Fsp3) is 0.444. The van der Waals surface area contributed by atoms with Crippen LogP contribution in [0.25, 0.3) is 10.9 Å². The molecule has 1 aromatic heterocycles. The van der Waals surface area contributed by atoms with Gasteiger partial charge in [0, 0.05) is 24.8 Å². The lowest BCUT2D eigenvalue weighted by molar-refractivity contribution is 0.552. The molecule has 2 nitrogen and oxygen atoms in total. The van der Waals surface area contributed by atoms with E-state index in [2.05, 4.69) is 60.8 Å². The molecular weight excluding hydrogens is 244 g/mol. The lowest BCUT2D eigenvalue weighted by atomic mass is 10.1. The topological polar surface area (TPSA) is 17.0 Å². The Bertz CT molecular complexity index is 552.